The zero-order valence-corrected chi connectivity index (χ0v) is 16.3. The fourth-order valence-electron chi connectivity index (χ4n) is 3.50. The second kappa shape index (κ2) is 10.6. The summed E-state index contributed by atoms with van der Waals surface area (Å²) in [6, 6.07) is 3.23. The first-order chi connectivity index (χ1) is 11.4. The Hall–Kier alpha value is -1.18. The summed E-state index contributed by atoms with van der Waals surface area (Å²) < 4.78 is 0. The van der Waals surface area contributed by atoms with E-state index in [9.17, 15) is 10.2 Å². The van der Waals surface area contributed by atoms with Gasteiger partial charge in [0.1, 0.15) is 11.5 Å². The molecule has 0 bridgehead atoms. The lowest BCUT2D eigenvalue weighted by Gasteiger charge is -2.25. The number of hydrogen-bond acceptors (Lipinski definition) is 2. The highest BCUT2D eigenvalue weighted by molar-refractivity contribution is 5.50. The van der Waals surface area contributed by atoms with Gasteiger partial charge in [-0.05, 0) is 30.4 Å². The Labute approximate surface area is 149 Å². The summed E-state index contributed by atoms with van der Waals surface area (Å²) in [4.78, 5) is 0. The first-order valence-electron chi connectivity index (χ1n) is 9.92. The number of unbranched alkanes of at least 4 members (excludes halogenated alkanes) is 9. The Balaban J connectivity index is 2.34. The van der Waals surface area contributed by atoms with E-state index in [4.69, 9.17) is 0 Å². The van der Waals surface area contributed by atoms with Crippen LogP contribution < -0.4 is 0 Å². The molecule has 0 aliphatic heterocycles. The van der Waals surface area contributed by atoms with E-state index in [1.165, 1.54) is 57.8 Å². The second-order valence-corrected chi connectivity index (χ2v) is 8.14. The van der Waals surface area contributed by atoms with Gasteiger partial charge in [-0.2, -0.15) is 0 Å². The highest BCUT2D eigenvalue weighted by atomic mass is 16.3. The van der Waals surface area contributed by atoms with Gasteiger partial charge in [0.15, 0.2) is 0 Å². The molecule has 0 heterocycles. The molecule has 0 atom stereocenters. The Morgan fingerprint density at radius 1 is 0.708 bits per heavy atom. The fourth-order valence-corrected chi connectivity index (χ4v) is 3.50. The smallest absolute Gasteiger partial charge is 0.119 e. The van der Waals surface area contributed by atoms with Crippen LogP contribution >= 0.6 is 0 Å². The summed E-state index contributed by atoms with van der Waals surface area (Å²) in [7, 11) is 0. The molecule has 0 amide bonds. The summed E-state index contributed by atoms with van der Waals surface area (Å²) in [6.45, 7) is 8.52. The molecule has 1 aromatic rings. The van der Waals surface area contributed by atoms with Crippen molar-refractivity contribution in [3.63, 3.8) is 0 Å². The molecule has 0 unspecified atom stereocenters. The average Bonchev–Trinajstić information content (AvgIpc) is 2.51. The van der Waals surface area contributed by atoms with Crippen molar-refractivity contribution in [3.05, 3.63) is 23.3 Å². The van der Waals surface area contributed by atoms with Gasteiger partial charge >= 0.3 is 0 Å². The normalized spacial score (nSPS) is 11.8. The van der Waals surface area contributed by atoms with Crippen molar-refractivity contribution in [2.45, 2.75) is 104 Å². The van der Waals surface area contributed by atoms with Crippen molar-refractivity contribution >= 4 is 0 Å². The number of aromatic hydroxyl groups is 2. The SMILES string of the molecule is CCCCCCCCCCCCc1c(O)ccc(O)c1C(C)(C)C. The van der Waals surface area contributed by atoms with Crippen molar-refractivity contribution in [2.24, 2.45) is 0 Å². The van der Waals surface area contributed by atoms with Gasteiger partial charge in [0.05, 0.1) is 0 Å². The molecule has 0 aromatic heterocycles. The predicted octanol–water partition coefficient (Wildman–Crippen LogP) is 6.86. The van der Waals surface area contributed by atoms with E-state index in [1.807, 2.05) is 0 Å². The van der Waals surface area contributed by atoms with Gasteiger partial charge in [-0.25, -0.2) is 0 Å². The minimum atomic E-state index is -0.156. The maximum Gasteiger partial charge on any atom is 0.119 e. The number of hydrogen-bond donors (Lipinski definition) is 2. The molecule has 0 aliphatic rings. The van der Waals surface area contributed by atoms with E-state index >= 15 is 0 Å². The zero-order valence-electron chi connectivity index (χ0n) is 16.3. The molecule has 138 valence electrons. The van der Waals surface area contributed by atoms with Crippen molar-refractivity contribution < 1.29 is 10.2 Å². The van der Waals surface area contributed by atoms with Crippen LogP contribution in [-0.4, -0.2) is 10.2 Å². The van der Waals surface area contributed by atoms with E-state index in [0.29, 0.717) is 11.5 Å². The molecule has 24 heavy (non-hydrogen) atoms. The molecule has 1 rings (SSSR count). The van der Waals surface area contributed by atoms with Crippen molar-refractivity contribution in [3.8, 4) is 11.5 Å². The lowest BCUT2D eigenvalue weighted by Crippen LogP contribution is -2.15. The Kier molecular flexibility index (Phi) is 9.25. The van der Waals surface area contributed by atoms with Gasteiger partial charge in [0, 0.05) is 11.1 Å². The molecule has 2 nitrogen and oxygen atoms in total. The van der Waals surface area contributed by atoms with E-state index in [0.717, 1.165) is 24.0 Å². The maximum atomic E-state index is 10.2. The minimum absolute atomic E-state index is 0.156. The standard InChI is InChI=1S/C22H38O2/c1-5-6-7-8-9-10-11-12-13-14-15-18-19(23)16-17-20(24)21(18)22(2,3)4/h16-17,23-24H,5-15H2,1-4H3. The molecule has 0 aliphatic carbocycles. The van der Waals surface area contributed by atoms with Crippen LogP contribution in [0.4, 0.5) is 0 Å². The average molecular weight is 335 g/mol. The third-order valence-corrected chi connectivity index (χ3v) is 4.80. The summed E-state index contributed by atoms with van der Waals surface area (Å²) in [5.74, 6) is 0.635. The summed E-state index contributed by atoms with van der Waals surface area (Å²) in [5.41, 5.74) is 1.68. The monoisotopic (exact) mass is 334 g/mol. The zero-order chi connectivity index (χ0) is 18.0. The molecule has 0 saturated carbocycles. The summed E-state index contributed by atoms with van der Waals surface area (Å²) in [6.07, 6.45) is 13.9. The molecule has 0 saturated heterocycles. The molecule has 0 fully saturated rings. The Morgan fingerprint density at radius 2 is 1.17 bits per heavy atom. The van der Waals surface area contributed by atoms with Crippen molar-refractivity contribution in [1.29, 1.82) is 0 Å². The lowest BCUT2D eigenvalue weighted by atomic mass is 9.81. The van der Waals surface area contributed by atoms with Crippen LogP contribution in [0.5, 0.6) is 11.5 Å². The third-order valence-electron chi connectivity index (χ3n) is 4.80. The minimum Gasteiger partial charge on any atom is -0.508 e. The van der Waals surface area contributed by atoms with E-state index < -0.39 is 0 Å². The number of benzene rings is 1. The van der Waals surface area contributed by atoms with E-state index in [2.05, 4.69) is 27.7 Å². The molecule has 2 N–H and O–H groups in total. The van der Waals surface area contributed by atoms with Gasteiger partial charge < -0.3 is 10.2 Å². The fraction of sp³-hybridized carbons (Fsp3) is 0.727. The number of phenols is 2. The molecular formula is C22H38O2. The van der Waals surface area contributed by atoms with Crippen LogP contribution in [0, 0.1) is 0 Å². The molecular weight excluding hydrogens is 296 g/mol. The van der Waals surface area contributed by atoms with Crippen LogP contribution in [0.1, 0.15) is 103 Å². The van der Waals surface area contributed by atoms with E-state index in [1.54, 1.807) is 12.1 Å². The predicted molar refractivity (Wildman–Crippen MR) is 104 cm³/mol. The summed E-state index contributed by atoms with van der Waals surface area (Å²) >= 11 is 0. The number of rotatable bonds is 11. The first-order valence-corrected chi connectivity index (χ1v) is 9.92. The highest BCUT2D eigenvalue weighted by Gasteiger charge is 2.23. The Bertz CT molecular complexity index is 472. The second-order valence-electron chi connectivity index (χ2n) is 8.14. The van der Waals surface area contributed by atoms with Gasteiger partial charge in [-0.1, -0.05) is 85.5 Å². The van der Waals surface area contributed by atoms with Crippen LogP contribution in [0.3, 0.4) is 0 Å². The highest BCUT2D eigenvalue weighted by Crippen LogP contribution is 2.38. The first kappa shape index (κ1) is 20.9. The topological polar surface area (TPSA) is 40.5 Å². The summed E-state index contributed by atoms with van der Waals surface area (Å²) in [5, 5.41) is 20.4. The van der Waals surface area contributed by atoms with Crippen LogP contribution in [0.2, 0.25) is 0 Å². The molecule has 2 heteroatoms. The number of phenolic OH excluding ortho intramolecular Hbond substituents is 2. The van der Waals surface area contributed by atoms with Gasteiger partial charge in [-0.15, -0.1) is 0 Å². The molecule has 1 aromatic carbocycles. The van der Waals surface area contributed by atoms with E-state index in [-0.39, 0.29) is 5.41 Å². The van der Waals surface area contributed by atoms with Crippen LogP contribution in [0.25, 0.3) is 0 Å². The van der Waals surface area contributed by atoms with Crippen molar-refractivity contribution in [1.82, 2.24) is 0 Å². The largest absolute Gasteiger partial charge is 0.508 e. The van der Waals surface area contributed by atoms with Gasteiger partial charge in [-0.3, -0.25) is 0 Å². The van der Waals surface area contributed by atoms with Gasteiger partial charge in [0.25, 0.3) is 0 Å². The molecule has 0 spiro atoms. The Morgan fingerprint density at radius 3 is 1.67 bits per heavy atom. The van der Waals surface area contributed by atoms with Crippen molar-refractivity contribution in [2.75, 3.05) is 0 Å². The van der Waals surface area contributed by atoms with Crippen LogP contribution in [0.15, 0.2) is 12.1 Å². The third kappa shape index (κ3) is 7.15. The van der Waals surface area contributed by atoms with Crippen LogP contribution in [-0.2, 0) is 11.8 Å². The maximum absolute atomic E-state index is 10.2. The van der Waals surface area contributed by atoms with Gasteiger partial charge in [0.2, 0.25) is 0 Å². The quantitative estimate of drug-likeness (QED) is 0.343. The lowest BCUT2D eigenvalue weighted by molar-refractivity contribution is 0.426. The molecule has 0 radical (unpaired) electrons.